The van der Waals surface area contributed by atoms with E-state index in [1.54, 1.807) is 32.9 Å². The van der Waals surface area contributed by atoms with Gasteiger partial charge < -0.3 is 20.9 Å². The van der Waals surface area contributed by atoms with Gasteiger partial charge in [-0.15, -0.1) is 0 Å². The molecule has 2 aromatic heterocycles. The van der Waals surface area contributed by atoms with E-state index in [1.807, 2.05) is 0 Å². The van der Waals surface area contributed by atoms with Crippen molar-refractivity contribution in [2.24, 2.45) is 5.73 Å². The van der Waals surface area contributed by atoms with Crippen LogP contribution in [0.1, 0.15) is 37.0 Å². The highest BCUT2D eigenvalue weighted by molar-refractivity contribution is 5.91. The number of hydrogen-bond donors (Lipinski definition) is 3. The first kappa shape index (κ1) is 18.2. The predicted molar refractivity (Wildman–Crippen MR) is 86.0 cm³/mol. The molecule has 0 spiro atoms. The molecule has 25 heavy (non-hydrogen) atoms. The van der Waals surface area contributed by atoms with Gasteiger partial charge in [0.15, 0.2) is 5.65 Å². The Kier molecular flexibility index (Phi) is 4.91. The van der Waals surface area contributed by atoms with Crippen molar-refractivity contribution in [2.45, 2.75) is 38.8 Å². The summed E-state index contributed by atoms with van der Waals surface area (Å²) in [5, 5.41) is 15.8. The average Bonchev–Trinajstić information content (AvgIpc) is 2.87. The van der Waals surface area contributed by atoms with Crippen LogP contribution in [0.25, 0.3) is 5.65 Å². The van der Waals surface area contributed by atoms with Crippen molar-refractivity contribution in [1.29, 1.82) is 0 Å². The van der Waals surface area contributed by atoms with Crippen molar-refractivity contribution in [2.75, 3.05) is 0 Å². The molecule has 0 bridgehead atoms. The number of fused-ring (bicyclic) bond motifs is 1. The van der Waals surface area contributed by atoms with Crippen LogP contribution < -0.4 is 11.1 Å². The standard InChI is InChI=1S/C15H19N5O5/c1-15(2,3)25-14(24)18-9(13(22)23)6-8-4-5-11-17-10(12(16)21)7-20(11)19-8/h4-5,7,9H,6H2,1-3H3,(H2,16,21)(H,18,24)(H,22,23). The molecule has 2 rings (SSSR count). The molecular weight excluding hydrogens is 330 g/mol. The number of aliphatic carboxylic acids is 1. The molecule has 0 aromatic carbocycles. The van der Waals surface area contributed by atoms with E-state index in [4.69, 9.17) is 10.5 Å². The van der Waals surface area contributed by atoms with E-state index in [0.717, 1.165) is 0 Å². The predicted octanol–water partition coefficient (Wildman–Crippen LogP) is 0.349. The van der Waals surface area contributed by atoms with Crippen LogP contribution in [0.2, 0.25) is 0 Å². The van der Waals surface area contributed by atoms with Gasteiger partial charge in [0.25, 0.3) is 5.91 Å². The van der Waals surface area contributed by atoms with Gasteiger partial charge in [-0.05, 0) is 32.9 Å². The minimum Gasteiger partial charge on any atom is -0.480 e. The fourth-order valence-corrected chi connectivity index (χ4v) is 2.01. The molecule has 1 atom stereocenters. The zero-order valence-electron chi connectivity index (χ0n) is 14.0. The number of rotatable bonds is 5. The van der Waals surface area contributed by atoms with Gasteiger partial charge in [-0.1, -0.05) is 0 Å². The van der Waals surface area contributed by atoms with Crippen molar-refractivity contribution >= 4 is 23.6 Å². The highest BCUT2D eigenvalue weighted by Gasteiger charge is 2.25. The first-order valence-electron chi connectivity index (χ1n) is 7.42. The normalized spacial score (nSPS) is 12.6. The molecular formula is C15H19N5O5. The average molecular weight is 349 g/mol. The molecule has 2 amide bonds. The Hall–Kier alpha value is -3.17. The highest BCUT2D eigenvalue weighted by atomic mass is 16.6. The van der Waals surface area contributed by atoms with E-state index in [-0.39, 0.29) is 12.1 Å². The van der Waals surface area contributed by atoms with Gasteiger partial charge in [-0.3, -0.25) is 4.79 Å². The minimum absolute atomic E-state index is 0.0475. The largest absolute Gasteiger partial charge is 0.480 e. The smallest absolute Gasteiger partial charge is 0.408 e. The van der Waals surface area contributed by atoms with Crippen LogP contribution >= 0.6 is 0 Å². The van der Waals surface area contributed by atoms with Crippen molar-refractivity contribution < 1.29 is 24.2 Å². The van der Waals surface area contributed by atoms with Crippen molar-refractivity contribution in [3.8, 4) is 0 Å². The first-order chi connectivity index (χ1) is 11.5. The summed E-state index contributed by atoms with van der Waals surface area (Å²) >= 11 is 0. The van der Waals surface area contributed by atoms with Crippen LogP contribution in [0.5, 0.6) is 0 Å². The molecule has 0 fully saturated rings. The number of alkyl carbamates (subject to hydrolysis) is 1. The third-order valence-electron chi connectivity index (χ3n) is 3.03. The Bertz CT molecular complexity index is 823. The number of carbonyl (C=O) groups excluding carboxylic acids is 2. The number of ether oxygens (including phenoxy) is 1. The second kappa shape index (κ2) is 6.75. The number of hydrogen-bond acceptors (Lipinski definition) is 6. The Labute approximate surface area is 143 Å². The monoisotopic (exact) mass is 349 g/mol. The second-order valence-corrected chi connectivity index (χ2v) is 6.36. The maximum absolute atomic E-state index is 11.8. The Morgan fingerprint density at radius 2 is 2.04 bits per heavy atom. The lowest BCUT2D eigenvalue weighted by atomic mass is 10.1. The van der Waals surface area contributed by atoms with E-state index in [2.05, 4.69) is 15.4 Å². The van der Waals surface area contributed by atoms with Crippen LogP contribution in [0, 0.1) is 0 Å². The highest BCUT2D eigenvalue weighted by Crippen LogP contribution is 2.09. The number of nitrogens with two attached hydrogens (primary N) is 1. The SMILES string of the molecule is CC(C)(C)OC(=O)NC(Cc1ccc2nc(C(N)=O)cn2n1)C(=O)O. The molecule has 2 aromatic rings. The molecule has 0 radical (unpaired) electrons. The van der Waals surface area contributed by atoms with E-state index in [9.17, 15) is 19.5 Å². The van der Waals surface area contributed by atoms with E-state index in [0.29, 0.717) is 11.3 Å². The van der Waals surface area contributed by atoms with Gasteiger partial charge in [0, 0.05) is 6.42 Å². The molecule has 0 saturated heterocycles. The summed E-state index contributed by atoms with van der Waals surface area (Å²) in [5.41, 5.74) is 5.24. The van der Waals surface area contributed by atoms with E-state index < -0.39 is 29.6 Å². The van der Waals surface area contributed by atoms with Crippen LogP contribution in [0.4, 0.5) is 4.79 Å². The van der Waals surface area contributed by atoms with Crippen LogP contribution in [0.15, 0.2) is 18.3 Å². The molecule has 2 heterocycles. The maximum Gasteiger partial charge on any atom is 0.408 e. The number of carboxylic acids is 1. The molecule has 4 N–H and O–H groups in total. The number of carbonyl (C=O) groups is 3. The van der Waals surface area contributed by atoms with Crippen molar-refractivity contribution in [3.05, 3.63) is 29.7 Å². The molecule has 10 nitrogen and oxygen atoms in total. The molecule has 0 saturated carbocycles. The Morgan fingerprint density at radius 3 is 2.60 bits per heavy atom. The van der Waals surface area contributed by atoms with Crippen molar-refractivity contribution in [1.82, 2.24) is 19.9 Å². The summed E-state index contributed by atoms with van der Waals surface area (Å²) in [4.78, 5) is 38.3. The van der Waals surface area contributed by atoms with Gasteiger partial charge in [-0.25, -0.2) is 19.1 Å². The maximum atomic E-state index is 11.8. The number of nitrogens with one attached hydrogen (secondary N) is 1. The number of imidazole rings is 1. The summed E-state index contributed by atoms with van der Waals surface area (Å²) in [6.45, 7) is 5.02. The first-order valence-corrected chi connectivity index (χ1v) is 7.42. The molecule has 0 aliphatic carbocycles. The Morgan fingerprint density at radius 1 is 1.36 bits per heavy atom. The quantitative estimate of drug-likeness (QED) is 0.705. The van der Waals surface area contributed by atoms with E-state index >= 15 is 0 Å². The van der Waals surface area contributed by atoms with Gasteiger partial charge in [0.2, 0.25) is 0 Å². The summed E-state index contributed by atoms with van der Waals surface area (Å²) in [6, 6.07) is 1.90. The van der Waals surface area contributed by atoms with Crippen molar-refractivity contribution in [3.63, 3.8) is 0 Å². The van der Waals surface area contributed by atoms with Gasteiger partial charge in [0.05, 0.1) is 11.9 Å². The summed E-state index contributed by atoms with van der Waals surface area (Å²) in [6.07, 6.45) is 0.437. The fraction of sp³-hybridized carbons (Fsp3) is 0.400. The number of amides is 2. The topological polar surface area (TPSA) is 149 Å². The summed E-state index contributed by atoms with van der Waals surface area (Å²) in [7, 11) is 0. The molecule has 0 aliphatic rings. The van der Waals surface area contributed by atoms with Gasteiger partial charge in [-0.2, -0.15) is 5.10 Å². The molecule has 1 unspecified atom stereocenters. The number of aromatic nitrogens is 3. The lowest BCUT2D eigenvalue weighted by Gasteiger charge is -2.21. The summed E-state index contributed by atoms with van der Waals surface area (Å²) < 4.78 is 6.38. The number of primary amides is 1. The van der Waals surface area contributed by atoms with Crippen LogP contribution in [-0.4, -0.2) is 49.3 Å². The zero-order valence-corrected chi connectivity index (χ0v) is 14.0. The fourth-order valence-electron chi connectivity index (χ4n) is 2.01. The lowest BCUT2D eigenvalue weighted by molar-refractivity contribution is -0.139. The Balaban J connectivity index is 2.16. The molecule has 0 aliphatic heterocycles. The van der Waals surface area contributed by atoms with Crippen LogP contribution in [0.3, 0.4) is 0 Å². The number of nitrogens with zero attached hydrogens (tertiary/aromatic N) is 3. The second-order valence-electron chi connectivity index (χ2n) is 6.36. The van der Waals surface area contributed by atoms with Crippen LogP contribution in [-0.2, 0) is 16.0 Å². The third kappa shape index (κ3) is 4.90. The lowest BCUT2D eigenvalue weighted by Crippen LogP contribution is -2.44. The van der Waals surface area contributed by atoms with E-state index in [1.165, 1.54) is 10.7 Å². The zero-order chi connectivity index (χ0) is 18.8. The molecule has 134 valence electrons. The van der Waals surface area contributed by atoms with Gasteiger partial charge in [0.1, 0.15) is 17.3 Å². The number of carboxylic acid groups (broad SMARTS) is 1. The minimum atomic E-state index is -1.23. The summed E-state index contributed by atoms with van der Waals surface area (Å²) in [5.74, 6) is -1.92. The third-order valence-corrected chi connectivity index (χ3v) is 3.03. The molecule has 10 heteroatoms. The van der Waals surface area contributed by atoms with Gasteiger partial charge >= 0.3 is 12.1 Å².